The fraction of sp³-hybridized carbons (Fsp3) is 0.630. The van der Waals surface area contributed by atoms with E-state index in [1.165, 1.54) is 17.2 Å². The molecule has 246 valence electrons. The minimum absolute atomic E-state index is 0.0683. The van der Waals surface area contributed by atoms with Crippen LogP contribution in [0.3, 0.4) is 0 Å². The molecule has 18 heteroatoms. The zero-order valence-corrected chi connectivity index (χ0v) is 25.0. The van der Waals surface area contributed by atoms with E-state index >= 15 is 0 Å². The molecule has 1 amide bonds. The van der Waals surface area contributed by atoms with Crippen molar-refractivity contribution in [3.05, 3.63) is 24.5 Å². The van der Waals surface area contributed by atoms with E-state index in [4.69, 9.17) is 14.7 Å². The fourth-order valence-electron chi connectivity index (χ4n) is 5.80. The van der Waals surface area contributed by atoms with Crippen molar-refractivity contribution >= 4 is 34.8 Å². The fourth-order valence-corrected chi connectivity index (χ4v) is 5.80. The number of anilines is 2. The molecule has 0 radical (unpaired) electrons. The van der Waals surface area contributed by atoms with Crippen LogP contribution < -0.4 is 15.5 Å². The van der Waals surface area contributed by atoms with Gasteiger partial charge in [0.1, 0.15) is 6.10 Å². The molecule has 0 unspecified atom stereocenters. The molecule has 45 heavy (non-hydrogen) atoms. The van der Waals surface area contributed by atoms with Gasteiger partial charge in [-0.2, -0.15) is 23.1 Å². The largest absolute Gasteiger partial charge is 0.490 e. The first-order valence-electron chi connectivity index (χ1n) is 14.7. The van der Waals surface area contributed by atoms with Gasteiger partial charge in [-0.1, -0.05) is 6.92 Å². The third kappa shape index (κ3) is 6.96. The smallest absolute Gasteiger partial charge is 0.451 e. The van der Waals surface area contributed by atoms with Crippen LogP contribution in [0, 0.1) is 0 Å². The van der Waals surface area contributed by atoms with E-state index < -0.39 is 48.4 Å². The monoisotopic (exact) mass is 638 g/mol. The highest BCUT2D eigenvalue weighted by molar-refractivity contribution is 5.85. The summed E-state index contributed by atoms with van der Waals surface area (Å²) in [6.45, 7) is 2.57. The van der Waals surface area contributed by atoms with Crippen molar-refractivity contribution in [1.82, 2.24) is 39.7 Å². The summed E-state index contributed by atoms with van der Waals surface area (Å²) in [7, 11) is 3.95. The van der Waals surface area contributed by atoms with Crippen LogP contribution in [0.25, 0.3) is 11.2 Å². The van der Waals surface area contributed by atoms with Crippen molar-refractivity contribution in [2.24, 2.45) is 0 Å². The second-order valence-corrected chi connectivity index (χ2v) is 11.5. The number of nitrogens with one attached hydrogen (secondary N) is 3. The van der Waals surface area contributed by atoms with E-state index in [9.17, 15) is 33.0 Å². The highest BCUT2D eigenvalue weighted by Crippen LogP contribution is 2.38. The molecule has 3 aromatic heterocycles. The van der Waals surface area contributed by atoms with Crippen molar-refractivity contribution in [3.63, 3.8) is 0 Å². The van der Waals surface area contributed by atoms with Gasteiger partial charge in [0.2, 0.25) is 11.9 Å². The predicted molar refractivity (Wildman–Crippen MR) is 154 cm³/mol. The SMILES string of the molecule is CCC(=O)N[C@H]1C[C@@H](n2cnc3c(N[C@H](CO)Cc4c[nH]cn4)nc(N4CC[C@@H](N(C)C)C4)nc32)[C@H](OC(=O)C(F)(F)F)[C@@H]1O. The normalized spacial score (nSPS) is 24.4. The lowest BCUT2D eigenvalue weighted by Crippen LogP contribution is -2.45. The summed E-state index contributed by atoms with van der Waals surface area (Å²) < 4.78 is 46.1. The Morgan fingerprint density at radius 3 is 2.67 bits per heavy atom. The number of aromatic nitrogens is 6. The number of H-pyrrole nitrogens is 1. The number of ether oxygens (including phenoxy) is 1. The molecule has 5 rings (SSSR count). The maximum Gasteiger partial charge on any atom is 0.490 e. The molecule has 15 nitrogen and oxygen atoms in total. The lowest BCUT2D eigenvalue weighted by atomic mass is 10.1. The van der Waals surface area contributed by atoms with Crippen molar-refractivity contribution < 1.29 is 37.7 Å². The second kappa shape index (κ2) is 13.1. The highest BCUT2D eigenvalue weighted by Gasteiger charge is 2.51. The van der Waals surface area contributed by atoms with E-state index in [1.54, 1.807) is 13.1 Å². The summed E-state index contributed by atoms with van der Waals surface area (Å²) in [6.07, 6.45) is -2.86. The number of aliphatic hydroxyl groups excluding tert-OH is 2. The van der Waals surface area contributed by atoms with Gasteiger partial charge >= 0.3 is 12.1 Å². The molecule has 4 heterocycles. The number of carbonyl (C=O) groups is 2. The Morgan fingerprint density at radius 1 is 1.27 bits per heavy atom. The van der Waals surface area contributed by atoms with Crippen LogP contribution in [-0.4, -0.2) is 127 Å². The number of esters is 1. The average molecular weight is 639 g/mol. The Hall–Kier alpha value is -4.03. The Bertz CT molecular complexity index is 1480. The summed E-state index contributed by atoms with van der Waals surface area (Å²) >= 11 is 0. The second-order valence-electron chi connectivity index (χ2n) is 11.5. The molecular weight excluding hydrogens is 601 g/mol. The molecular formula is C27H37F3N10O5. The Morgan fingerprint density at radius 2 is 2.04 bits per heavy atom. The van der Waals surface area contributed by atoms with E-state index in [2.05, 4.69) is 30.5 Å². The number of aliphatic hydroxyl groups is 2. The van der Waals surface area contributed by atoms with Crippen LogP contribution in [0.4, 0.5) is 24.9 Å². The molecule has 1 aliphatic heterocycles. The molecule has 0 spiro atoms. The first-order valence-corrected chi connectivity index (χ1v) is 14.7. The summed E-state index contributed by atoms with van der Waals surface area (Å²) in [6, 6.07) is -2.37. The van der Waals surface area contributed by atoms with E-state index in [-0.39, 0.29) is 42.5 Å². The molecule has 0 bridgehead atoms. The number of rotatable bonds is 11. The van der Waals surface area contributed by atoms with Gasteiger partial charge in [-0.15, -0.1) is 0 Å². The molecule has 6 atom stereocenters. The first-order chi connectivity index (χ1) is 21.4. The molecule has 0 aromatic carbocycles. The highest BCUT2D eigenvalue weighted by atomic mass is 19.4. The minimum atomic E-state index is -5.30. The number of imidazole rings is 2. The maximum absolute atomic E-state index is 13.3. The molecule has 2 fully saturated rings. The Kier molecular flexibility index (Phi) is 9.45. The average Bonchev–Trinajstić information content (AvgIpc) is 3.81. The summed E-state index contributed by atoms with van der Waals surface area (Å²) in [5.41, 5.74) is 1.15. The lowest BCUT2D eigenvalue weighted by molar-refractivity contribution is -0.209. The number of likely N-dealkylation sites (N-methyl/N-ethyl adjacent to an activating group) is 1. The number of alkyl halides is 3. The predicted octanol–water partition coefficient (Wildman–Crippen LogP) is 0.380. The number of carbonyl (C=O) groups excluding carboxylic acids is 2. The summed E-state index contributed by atoms with van der Waals surface area (Å²) in [5.74, 6) is -2.29. The van der Waals surface area contributed by atoms with Crippen LogP contribution in [0.1, 0.15) is 37.9 Å². The van der Waals surface area contributed by atoms with Gasteiger partial charge < -0.3 is 44.9 Å². The third-order valence-electron chi connectivity index (χ3n) is 8.28. The van der Waals surface area contributed by atoms with Crippen molar-refractivity contribution in [3.8, 4) is 0 Å². The maximum atomic E-state index is 13.3. The van der Waals surface area contributed by atoms with Crippen molar-refractivity contribution in [2.75, 3.05) is 44.0 Å². The molecule has 1 aliphatic carbocycles. The van der Waals surface area contributed by atoms with Crippen LogP contribution >= 0.6 is 0 Å². The first kappa shape index (κ1) is 32.4. The van der Waals surface area contributed by atoms with Gasteiger partial charge in [-0.3, -0.25) is 4.79 Å². The van der Waals surface area contributed by atoms with Gasteiger partial charge in [0, 0.05) is 38.2 Å². The summed E-state index contributed by atoms with van der Waals surface area (Å²) in [5, 5.41) is 27.0. The zero-order valence-electron chi connectivity index (χ0n) is 25.0. The van der Waals surface area contributed by atoms with E-state index in [0.717, 1.165) is 6.42 Å². The Labute approximate surface area is 256 Å². The quantitative estimate of drug-likeness (QED) is 0.182. The standard InChI is InChI=1S/C27H37F3N10O5/c1-4-19(42)35-17-8-18(22(21(17)43)45-25(44)27(28,29)30)40-13-33-20-23(34-15(11-41)7-14-9-31-12-32-14)36-26(37-24(20)40)39-6-5-16(10-39)38(2)3/h9,12-13,15-18,21-22,41,43H,4-8,10-11H2,1-3H3,(H,31,32)(H,35,42)(H,34,36,37)/t15-,16+,17-,18+,21+,22-/m0/s1. The number of hydrogen-bond acceptors (Lipinski definition) is 12. The zero-order chi connectivity index (χ0) is 32.5. The van der Waals surface area contributed by atoms with Crippen molar-refractivity contribution in [2.45, 2.75) is 75.2 Å². The van der Waals surface area contributed by atoms with Crippen LogP contribution in [0.15, 0.2) is 18.9 Å². The number of amides is 1. The lowest BCUT2D eigenvalue weighted by Gasteiger charge is -2.25. The van der Waals surface area contributed by atoms with E-state index in [1.807, 2.05) is 19.0 Å². The summed E-state index contributed by atoms with van der Waals surface area (Å²) in [4.78, 5) is 49.2. The Balaban J connectivity index is 1.56. The molecule has 5 N–H and O–H groups in total. The number of hydrogen-bond donors (Lipinski definition) is 5. The number of nitrogens with zero attached hydrogens (tertiary/aromatic N) is 7. The van der Waals surface area contributed by atoms with E-state index in [0.29, 0.717) is 31.2 Å². The molecule has 3 aromatic rings. The van der Waals surface area contributed by atoms with Crippen LogP contribution in [-0.2, 0) is 20.7 Å². The van der Waals surface area contributed by atoms with Gasteiger partial charge in [-0.05, 0) is 26.9 Å². The topological polar surface area (TPSA) is 187 Å². The molecule has 1 saturated carbocycles. The van der Waals surface area contributed by atoms with Gasteiger partial charge in [-0.25, -0.2) is 14.8 Å². The number of fused-ring (bicyclic) bond motifs is 1. The number of aromatic amines is 1. The van der Waals surface area contributed by atoms with Gasteiger partial charge in [0.25, 0.3) is 0 Å². The van der Waals surface area contributed by atoms with Gasteiger partial charge in [0.15, 0.2) is 23.1 Å². The molecule has 2 aliphatic rings. The number of halogens is 3. The van der Waals surface area contributed by atoms with Gasteiger partial charge in [0.05, 0.1) is 43.1 Å². The molecule has 1 saturated heterocycles. The van der Waals surface area contributed by atoms with Crippen LogP contribution in [0.2, 0.25) is 0 Å². The minimum Gasteiger partial charge on any atom is -0.451 e. The van der Waals surface area contributed by atoms with Crippen LogP contribution in [0.5, 0.6) is 0 Å². The third-order valence-corrected chi connectivity index (χ3v) is 8.28. The van der Waals surface area contributed by atoms with Crippen molar-refractivity contribution in [1.29, 1.82) is 0 Å².